The van der Waals surface area contributed by atoms with E-state index in [9.17, 15) is 9.59 Å². The number of carbonyl (C=O) groups is 2. The predicted molar refractivity (Wildman–Crippen MR) is 106 cm³/mol. The highest BCUT2D eigenvalue weighted by Gasteiger charge is 2.27. The van der Waals surface area contributed by atoms with Gasteiger partial charge in [-0.15, -0.1) is 12.4 Å². The molecule has 0 bridgehead atoms. The van der Waals surface area contributed by atoms with E-state index in [1.807, 2.05) is 36.1 Å². The Morgan fingerprint density at radius 2 is 1.84 bits per heavy atom. The van der Waals surface area contributed by atoms with Gasteiger partial charge in [-0.1, -0.05) is 28.1 Å². The number of rotatable bonds is 5. The summed E-state index contributed by atoms with van der Waals surface area (Å²) in [4.78, 5) is 26.0. The summed E-state index contributed by atoms with van der Waals surface area (Å²) in [5.41, 5.74) is 6.89. The maximum absolute atomic E-state index is 12.6. The summed E-state index contributed by atoms with van der Waals surface area (Å²) in [6.45, 7) is 5.00. The van der Waals surface area contributed by atoms with Crippen molar-refractivity contribution in [3.05, 3.63) is 34.3 Å². The average Bonchev–Trinajstić information content (AvgIpc) is 2.54. The number of benzene rings is 1. The Balaban J connectivity index is 0.00000312. The van der Waals surface area contributed by atoms with E-state index in [2.05, 4.69) is 21.2 Å². The van der Waals surface area contributed by atoms with Crippen LogP contribution in [0.25, 0.3) is 0 Å². The van der Waals surface area contributed by atoms with Gasteiger partial charge in [-0.3, -0.25) is 9.59 Å². The second-order valence-corrected chi connectivity index (χ2v) is 7.50. The number of likely N-dealkylation sites (tertiary alicyclic amines) is 1. The van der Waals surface area contributed by atoms with Crippen molar-refractivity contribution in [1.29, 1.82) is 0 Å². The number of hydrogen-bond donors (Lipinski definition) is 2. The molecule has 2 rings (SSSR count). The highest BCUT2D eigenvalue weighted by Crippen LogP contribution is 2.24. The summed E-state index contributed by atoms with van der Waals surface area (Å²) < 4.78 is 0.970. The molecular formula is C18H27BrClN3O2. The average molecular weight is 433 g/mol. The van der Waals surface area contributed by atoms with E-state index in [-0.39, 0.29) is 42.7 Å². The van der Waals surface area contributed by atoms with E-state index in [1.54, 1.807) is 0 Å². The van der Waals surface area contributed by atoms with Crippen LogP contribution in [0.4, 0.5) is 0 Å². The SMILES string of the molecule is CC(=O)NC(CC(=O)N1CCC(C(C)N)CC1)c1ccc(Br)cc1.Cl. The first-order valence-corrected chi connectivity index (χ1v) is 9.22. The fourth-order valence-corrected chi connectivity index (χ4v) is 3.44. The molecule has 1 saturated heterocycles. The maximum Gasteiger partial charge on any atom is 0.224 e. The first-order valence-electron chi connectivity index (χ1n) is 8.42. The fourth-order valence-electron chi connectivity index (χ4n) is 3.17. The highest BCUT2D eigenvalue weighted by atomic mass is 79.9. The third-order valence-corrected chi connectivity index (χ3v) is 5.19. The van der Waals surface area contributed by atoms with Crippen LogP contribution >= 0.6 is 28.3 Å². The molecule has 0 radical (unpaired) electrons. The number of piperidine rings is 1. The van der Waals surface area contributed by atoms with Crippen molar-refractivity contribution >= 4 is 40.2 Å². The van der Waals surface area contributed by atoms with Crippen molar-refractivity contribution in [2.45, 2.75) is 45.2 Å². The van der Waals surface area contributed by atoms with Crippen LogP contribution in [0.15, 0.2) is 28.7 Å². The minimum absolute atomic E-state index is 0. The van der Waals surface area contributed by atoms with Crippen LogP contribution in [0.3, 0.4) is 0 Å². The standard InChI is InChI=1S/C18H26BrN3O2.ClH/c1-12(20)14-7-9-22(10-8-14)18(24)11-17(21-13(2)23)15-3-5-16(19)6-4-15;/h3-6,12,14,17H,7-11,20H2,1-2H3,(H,21,23);1H. The number of halogens is 2. The summed E-state index contributed by atoms with van der Waals surface area (Å²) >= 11 is 3.40. The third-order valence-electron chi connectivity index (χ3n) is 4.66. The van der Waals surface area contributed by atoms with Gasteiger partial charge in [-0.2, -0.15) is 0 Å². The monoisotopic (exact) mass is 431 g/mol. The van der Waals surface area contributed by atoms with Crippen LogP contribution in [-0.4, -0.2) is 35.8 Å². The van der Waals surface area contributed by atoms with Gasteiger partial charge in [0.1, 0.15) is 0 Å². The lowest BCUT2D eigenvalue weighted by molar-refractivity contribution is -0.133. The lowest BCUT2D eigenvalue weighted by atomic mass is 9.90. The number of nitrogens with one attached hydrogen (secondary N) is 1. The van der Waals surface area contributed by atoms with Crippen LogP contribution in [0.5, 0.6) is 0 Å². The molecule has 1 aromatic rings. The quantitative estimate of drug-likeness (QED) is 0.751. The largest absolute Gasteiger partial charge is 0.349 e. The molecule has 5 nitrogen and oxygen atoms in total. The zero-order valence-electron chi connectivity index (χ0n) is 14.7. The van der Waals surface area contributed by atoms with Crippen LogP contribution in [0.1, 0.15) is 44.7 Å². The first kappa shape index (κ1) is 21.9. The number of carbonyl (C=O) groups excluding carboxylic acids is 2. The van der Waals surface area contributed by atoms with Crippen LogP contribution in [0.2, 0.25) is 0 Å². The van der Waals surface area contributed by atoms with Gasteiger partial charge in [-0.05, 0) is 43.4 Å². The number of amides is 2. The van der Waals surface area contributed by atoms with E-state index >= 15 is 0 Å². The minimum atomic E-state index is -0.297. The Morgan fingerprint density at radius 3 is 2.32 bits per heavy atom. The van der Waals surface area contributed by atoms with Crippen molar-refractivity contribution in [1.82, 2.24) is 10.2 Å². The van der Waals surface area contributed by atoms with Crippen molar-refractivity contribution < 1.29 is 9.59 Å². The van der Waals surface area contributed by atoms with E-state index in [0.29, 0.717) is 5.92 Å². The Morgan fingerprint density at radius 1 is 1.28 bits per heavy atom. The molecular weight excluding hydrogens is 406 g/mol. The molecule has 25 heavy (non-hydrogen) atoms. The predicted octanol–water partition coefficient (Wildman–Crippen LogP) is 3.02. The second kappa shape index (κ2) is 10.1. The Kier molecular flexibility index (Phi) is 8.89. The Labute approximate surface area is 164 Å². The van der Waals surface area contributed by atoms with E-state index < -0.39 is 0 Å². The Bertz CT molecular complexity index is 572. The summed E-state index contributed by atoms with van der Waals surface area (Å²) in [6.07, 6.45) is 2.18. The van der Waals surface area contributed by atoms with E-state index in [4.69, 9.17) is 5.73 Å². The lowest BCUT2D eigenvalue weighted by Gasteiger charge is -2.34. The van der Waals surface area contributed by atoms with Crippen molar-refractivity contribution in [3.63, 3.8) is 0 Å². The molecule has 1 aromatic carbocycles. The van der Waals surface area contributed by atoms with Gasteiger partial charge < -0.3 is 16.0 Å². The zero-order chi connectivity index (χ0) is 17.7. The third kappa shape index (κ3) is 6.60. The van der Waals surface area contributed by atoms with Gasteiger partial charge in [0.25, 0.3) is 0 Å². The molecule has 1 heterocycles. The molecule has 3 N–H and O–H groups in total. The smallest absolute Gasteiger partial charge is 0.224 e. The van der Waals surface area contributed by atoms with Crippen molar-refractivity contribution in [2.75, 3.05) is 13.1 Å². The molecule has 140 valence electrons. The molecule has 0 aliphatic carbocycles. The fraction of sp³-hybridized carbons (Fsp3) is 0.556. The maximum atomic E-state index is 12.6. The van der Waals surface area contributed by atoms with E-state index in [0.717, 1.165) is 36.0 Å². The van der Waals surface area contributed by atoms with Crippen molar-refractivity contribution in [3.8, 4) is 0 Å². The van der Waals surface area contributed by atoms with Crippen LogP contribution < -0.4 is 11.1 Å². The molecule has 0 aromatic heterocycles. The van der Waals surface area contributed by atoms with Gasteiger partial charge in [0.15, 0.2) is 0 Å². The van der Waals surface area contributed by atoms with E-state index in [1.165, 1.54) is 6.92 Å². The minimum Gasteiger partial charge on any atom is -0.349 e. The molecule has 7 heteroatoms. The zero-order valence-corrected chi connectivity index (χ0v) is 17.1. The summed E-state index contributed by atoms with van der Waals surface area (Å²) in [5.74, 6) is 0.442. The van der Waals surface area contributed by atoms with Gasteiger partial charge in [-0.25, -0.2) is 0 Å². The van der Waals surface area contributed by atoms with Gasteiger partial charge in [0.05, 0.1) is 12.5 Å². The molecule has 2 unspecified atom stereocenters. The first-order chi connectivity index (χ1) is 11.4. The number of nitrogens with zero attached hydrogens (tertiary/aromatic N) is 1. The lowest BCUT2D eigenvalue weighted by Crippen LogP contribution is -2.43. The van der Waals surface area contributed by atoms with Gasteiger partial charge in [0, 0.05) is 30.5 Å². The van der Waals surface area contributed by atoms with Crippen LogP contribution in [-0.2, 0) is 9.59 Å². The Hall–Kier alpha value is -1.11. The van der Waals surface area contributed by atoms with Crippen molar-refractivity contribution in [2.24, 2.45) is 11.7 Å². The number of nitrogens with two attached hydrogens (primary N) is 1. The van der Waals surface area contributed by atoms with Gasteiger partial charge >= 0.3 is 0 Å². The summed E-state index contributed by atoms with van der Waals surface area (Å²) in [6, 6.07) is 7.58. The summed E-state index contributed by atoms with van der Waals surface area (Å²) in [5, 5.41) is 2.89. The van der Waals surface area contributed by atoms with Gasteiger partial charge in [0.2, 0.25) is 11.8 Å². The molecule has 2 amide bonds. The highest BCUT2D eigenvalue weighted by molar-refractivity contribution is 9.10. The summed E-state index contributed by atoms with van der Waals surface area (Å²) in [7, 11) is 0. The molecule has 1 aliphatic rings. The molecule has 1 aliphatic heterocycles. The second-order valence-electron chi connectivity index (χ2n) is 6.59. The molecule has 0 saturated carbocycles. The molecule has 2 atom stereocenters. The molecule has 0 spiro atoms. The topological polar surface area (TPSA) is 75.4 Å². The molecule has 1 fully saturated rings. The van der Waals surface area contributed by atoms with Crippen LogP contribution in [0, 0.1) is 5.92 Å². The normalized spacial score (nSPS) is 17.4. The number of hydrogen-bond acceptors (Lipinski definition) is 3.